The second-order valence-electron chi connectivity index (χ2n) is 6.46. The van der Waals surface area contributed by atoms with Crippen LogP contribution in [0.2, 0.25) is 0 Å². The number of aromatic nitrogens is 1. The summed E-state index contributed by atoms with van der Waals surface area (Å²) in [4.78, 5) is 14.3. The first-order valence-corrected chi connectivity index (χ1v) is 7.92. The van der Waals surface area contributed by atoms with Gasteiger partial charge in [0.25, 0.3) is 0 Å². The fraction of sp³-hybridized carbons (Fsp3) is 0.389. The highest BCUT2D eigenvalue weighted by Crippen LogP contribution is 2.48. The number of carbonyl (C=O) groups excluding carboxylic acids is 1. The molecule has 3 aliphatic rings. The summed E-state index contributed by atoms with van der Waals surface area (Å²) >= 11 is 0. The SMILES string of the molecule is O=CC1=CC2CCCN3CCc4c(n1c1ccccc41)C23. The molecule has 2 atom stereocenters. The smallest absolute Gasteiger partial charge is 0.166 e. The number of allylic oxidation sites excluding steroid dienone is 1. The number of rotatable bonds is 1. The Morgan fingerprint density at radius 3 is 3.00 bits per heavy atom. The van der Waals surface area contributed by atoms with Crippen molar-refractivity contribution in [2.75, 3.05) is 13.1 Å². The number of para-hydroxylation sites is 1. The van der Waals surface area contributed by atoms with Crippen molar-refractivity contribution in [3.8, 4) is 0 Å². The average molecular weight is 278 g/mol. The van der Waals surface area contributed by atoms with E-state index >= 15 is 0 Å². The maximum atomic E-state index is 11.6. The van der Waals surface area contributed by atoms with Crippen molar-refractivity contribution in [3.05, 3.63) is 41.6 Å². The van der Waals surface area contributed by atoms with E-state index in [4.69, 9.17) is 0 Å². The number of fused-ring (bicyclic) bond motifs is 3. The number of hydrogen-bond donors (Lipinski definition) is 0. The van der Waals surface area contributed by atoms with E-state index in [9.17, 15) is 4.79 Å². The molecule has 0 bridgehead atoms. The van der Waals surface area contributed by atoms with Crippen molar-refractivity contribution >= 4 is 22.9 Å². The highest BCUT2D eigenvalue weighted by molar-refractivity contribution is 6.04. The Kier molecular flexibility index (Phi) is 2.28. The van der Waals surface area contributed by atoms with Crippen molar-refractivity contribution in [3.63, 3.8) is 0 Å². The molecular formula is C18H18N2O. The molecule has 21 heavy (non-hydrogen) atoms. The van der Waals surface area contributed by atoms with Gasteiger partial charge in [-0.1, -0.05) is 24.3 Å². The first kappa shape index (κ1) is 11.8. The van der Waals surface area contributed by atoms with Gasteiger partial charge in [0.05, 0.1) is 17.3 Å². The van der Waals surface area contributed by atoms with Gasteiger partial charge in [0, 0.05) is 23.5 Å². The van der Waals surface area contributed by atoms with E-state index in [1.165, 1.54) is 41.5 Å². The Balaban J connectivity index is 1.90. The third-order valence-corrected chi connectivity index (χ3v) is 5.49. The Morgan fingerprint density at radius 1 is 1.19 bits per heavy atom. The van der Waals surface area contributed by atoms with Crippen LogP contribution in [0.15, 0.2) is 30.3 Å². The molecule has 3 aliphatic heterocycles. The quantitative estimate of drug-likeness (QED) is 0.749. The number of nitrogens with zero attached hydrogens (tertiary/aromatic N) is 2. The van der Waals surface area contributed by atoms with Crippen LogP contribution in [-0.2, 0) is 11.2 Å². The van der Waals surface area contributed by atoms with Gasteiger partial charge in [0.1, 0.15) is 0 Å². The molecule has 3 nitrogen and oxygen atoms in total. The lowest BCUT2D eigenvalue weighted by atomic mass is 9.80. The number of carbonyl (C=O) groups is 1. The molecule has 106 valence electrons. The molecule has 1 aromatic carbocycles. The lowest BCUT2D eigenvalue weighted by molar-refractivity contribution is -0.103. The summed E-state index contributed by atoms with van der Waals surface area (Å²) in [6.07, 6.45) is 6.83. The molecule has 0 saturated carbocycles. The molecule has 1 fully saturated rings. The Morgan fingerprint density at radius 2 is 2.10 bits per heavy atom. The van der Waals surface area contributed by atoms with Crippen LogP contribution in [0.5, 0.6) is 0 Å². The van der Waals surface area contributed by atoms with E-state index in [1.54, 1.807) is 0 Å². The lowest BCUT2D eigenvalue weighted by Gasteiger charge is -2.46. The van der Waals surface area contributed by atoms with E-state index in [1.807, 2.05) is 0 Å². The number of aldehydes is 1. The van der Waals surface area contributed by atoms with Crippen molar-refractivity contribution in [1.82, 2.24) is 9.47 Å². The van der Waals surface area contributed by atoms with Crippen molar-refractivity contribution < 1.29 is 4.79 Å². The molecular weight excluding hydrogens is 260 g/mol. The van der Waals surface area contributed by atoms with Crippen molar-refractivity contribution in [2.45, 2.75) is 25.3 Å². The summed E-state index contributed by atoms with van der Waals surface area (Å²) in [7, 11) is 0. The number of hydrogen-bond acceptors (Lipinski definition) is 2. The third-order valence-electron chi connectivity index (χ3n) is 5.49. The van der Waals surface area contributed by atoms with E-state index in [0.29, 0.717) is 12.0 Å². The average Bonchev–Trinajstić information content (AvgIpc) is 2.88. The molecule has 1 aromatic heterocycles. The van der Waals surface area contributed by atoms with Crippen LogP contribution in [0.25, 0.3) is 16.6 Å². The van der Waals surface area contributed by atoms with Crippen LogP contribution < -0.4 is 0 Å². The fourth-order valence-corrected chi connectivity index (χ4v) is 4.72. The van der Waals surface area contributed by atoms with Gasteiger partial charge in [-0.25, -0.2) is 0 Å². The predicted molar refractivity (Wildman–Crippen MR) is 83.0 cm³/mol. The maximum Gasteiger partial charge on any atom is 0.166 e. The highest BCUT2D eigenvalue weighted by atomic mass is 16.1. The minimum atomic E-state index is 0.485. The Labute approximate surface area is 123 Å². The zero-order valence-electron chi connectivity index (χ0n) is 12.0. The van der Waals surface area contributed by atoms with Gasteiger partial charge in [-0.05, 0) is 37.4 Å². The monoisotopic (exact) mass is 278 g/mol. The second-order valence-corrected chi connectivity index (χ2v) is 6.46. The Bertz CT molecular complexity index is 786. The normalized spacial score (nSPS) is 27.3. The lowest BCUT2D eigenvalue weighted by Crippen LogP contribution is -2.45. The van der Waals surface area contributed by atoms with Gasteiger partial charge >= 0.3 is 0 Å². The van der Waals surface area contributed by atoms with Gasteiger partial charge in [-0.15, -0.1) is 0 Å². The van der Waals surface area contributed by atoms with Gasteiger partial charge in [0.2, 0.25) is 0 Å². The van der Waals surface area contributed by atoms with E-state index < -0.39 is 0 Å². The molecule has 1 saturated heterocycles. The van der Waals surface area contributed by atoms with Gasteiger partial charge < -0.3 is 4.57 Å². The molecule has 0 spiro atoms. The zero-order chi connectivity index (χ0) is 14.0. The second kappa shape index (κ2) is 4.08. The highest BCUT2D eigenvalue weighted by Gasteiger charge is 2.41. The minimum Gasteiger partial charge on any atom is -0.309 e. The topological polar surface area (TPSA) is 25.2 Å². The summed E-state index contributed by atoms with van der Waals surface area (Å²) in [5.41, 5.74) is 4.92. The van der Waals surface area contributed by atoms with E-state index in [2.05, 4.69) is 39.8 Å². The molecule has 2 unspecified atom stereocenters. The van der Waals surface area contributed by atoms with Crippen LogP contribution in [0, 0.1) is 5.92 Å². The fourth-order valence-electron chi connectivity index (χ4n) is 4.72. The third kappa shape index (κ3) is 1.40. The standard InChI is InChI=1S/C18H18N2O/c21-11-13-10-12-4-3-8-19-9-7-15-14-5-1-2-6-16(14)20(13)18(15)17(12)19/h1-2,5-6,10-12,17H,3-4,7-9H2. The summed E-state index contributed by atoms with van der Waals surface area (Å²) in [5.74, 6) is 0.509. The summed E-state index contributed by atoms with van der Waals surface area (Å²) in [6.45, 7) is 2.36. The molecule has 0 N–H and O–H groups in total. The molecule has 3 heteroatoms. The van der Waals surface area contributed by atoms with Gasteiger partial charge in [-0.3, -0.25) is 9.69 Å². The maximum absolute atomic E-state index is 11.6. The van der Waals surface area contributed by atoms with Crippen molar-refractivity contribution in [2.24, 2.45) is 5.92 Å². The summed E-state index contributed by atoms with van der Waals surface area (Å²) in [5, 5.41) is 1.34. The number of piperidine rings is 1. The summed E-state index contributed by atoms with van der Waals surface area (Å²) < 4.78 is 2.23. The van der Waals surface area contributed by atoms with Crippen LogP contribution in [0.3, 0.4) is 0 Å². The van der Waals surface area contributed by atoms with Crippen molar-refractivity contribution in [1.29, 1.82) is 0 Å². The van der Waals surface area contributed by atoms with Crippen LogP contribution in [-0.4, -0.2) is 28.8 Å². The van der Waals surface area contributed by atoms with Crippen LogP contribution >= 0.6 is 0 Å². The molecule has 0 amide bonds. The molecule has 4 heterocycles. The molecule has 2 aromatic rings. The van der Waals surface area contributed by atoms with Crippen LogP contribution in [0.4, 0.5) is 0 Å². The molecule has 5 rings (SSSR count). The number of benzene rings is 1. The van der Waals surface area contributed by atoms with Gasteiger partial charge in [0.15, 0.2) is 6.29 Å². The minimum absolute atomic E-state index is 0.485. The predicted octanol–water partition coefficient (Wildman–Crippen LogP) is 3.00. The van der Waals surface area contributed by atoms with Gasteiger partial charge in [-0.2, -0.15) is 0 Å². The van der Waals surface area contributed by atoms with Crippen LogP contribution in [0.1, 0.15) is 30.1 Å². The molecule has 0 radical (unpaired) electrons. The zero-order valence-corrected chi connectivity index (χ0v) is 12.0. The summed E-state index contributed by atoms with van der Waals surface area (Å²) in [6, 6.07) is 9.04. The van der Waals surface area contributed by atoms with E-state index in [0.717, 1.165) is 24.9 Å². The first-order chi connectivity index (χ1) is 10.4. The van der Waals surface area contributed by atoms with E-state index in [-0.39, 0.29) is 0 Å². The Hall–Kier alpha value is -1.87. The first-order valence-electron chi connectivity index (χ1n) is 7.92. The molecule has 0 aliphatic carbocycles. The largest absolute Gasteiger partial charge is 0.309 e.